The van der Waals surface area contributed by atoms with Crippen LogP contribution in [0, 0.1) is 52.8 Å². The molecule has 0 radical (unpaired) electrons. The topological polar surface area (TPSA) is 52.6 Å². The molecule has 0 bridgehead atoms. The van der Waals surface area contributed by atoms with Crippen molar-refractivity contribution in [1.82, 2.24) is 0 Å². The molecule has 4 aliphatic carbocycles. The van der Waals surface area contributed by atoms with E-state index in [9.17, 15) is 9.59 Å². The van der Waals surface area contributed by atoms with Crippen LogP contribution in [-0.2, 0) is 9.47 Å². The maximum atomic E-state index is 12.9. The number of rotatable bonds is 9. The number of hydrogen-bond donors (Lipinski definition) is 0. The molecule has 4 fully saturated rings. The Bertz CT molecular complexity index is 1310. The second-order valence-electron chi connectivity index (χ2n) is 16.2. The molecule has 6 rings (SSSR count). The molecule has 1 unspecified atom stereocenters. The highest BCUT2D eigenvalue weighted by Gasteiger charge is 2.58. The molecule has 45 heavy (non-hydrogen) atoms. The van der Waals surface area contributed by atoms with Crippen LogP contribution in [0.25, 0.3) is 0 Å². The van der Waals surface area contributed by atoms with Gasteiger partial charge in [-0.05, 0) is 155 Å². The number of carbonyl (C=O) groups excluding carboxylic acids is 2. The molecule has 4 nitrogen and oxygen atoms in total. The van der Waals surface area contributed by atoms with Gasteiger partial charge in [0.1, 0.15) is 11.7 Å². The van der Waals surface area contributed by atoms with Crippen molar-refractivity contribution in [2.75, 3.05) is 0 Å². The monoisotopic (exact) mass is 612 g/mol. The summed E-state index contributed by atoms with van der Waals surface area (Å²) in [6, 6.07) is 18.9. The van der Waals surface area contributed by atoms with E-state index in [1.807, 2.05) is 60.7 Å². The van der Waals surface area contributed by atoms with Gasteiger partial charge in [-0.2, -0.15) is 0 Å². The van der Waals surface area contributed by atoms with E-state index in [1.54, 1.807) is 0 Å². The Balaban J connectivity index is 1.05. The van der Waals surface area contributed by atoms with Crippen molar-refractivity contribution < 1.29 is 19.1 Å². The Kier molecular flexibility index (Phi) is 9.51. The third-order valence-corrected chi connectivity index (χ3v) is 13.2. The summed E-state index contributed by atoms with van der Waals surface area (Å²) in [5, 5.41) is 0. The van der Waals surface area contributed by atoms with E-state index in [-0.39, 0.29) is 23.6 Å². The Morgan fingerprint density at radius 1 is 0.733 bits per heavy atom. The number of ether oxygens (including phenoxy) is 2. The van der Waals surface area contributed by atoms with Gasteiger partial charge in [0, 0.05) is 0 Å². The van der Waals surface area contributed by atoms with Crippen LogP contribution >= 0.6 is 0 Å². The minimum Gasteiger partial charge on any atom is -0.459 e. The van der Waals surface area contributed by atoms with Crippen LogP contribution < -0.4 is 0 Å². The highest BCUT2D eigenvalue weighted by Crippen LogP contribution is 2.66. The molecule has 0 N–H and O–H groups in total. The Morgan fingerprint density at radius 3 is 2.04 bits per heavy atom. The molecule has 0 amide bonds. The summed E-state index contributed by atoms with van der Waals surface area (Å²) in [6.07, 6.45) is 13.3. The quantitative estimate of drug-likeness (QED) is 0.264. The predicted octanol–water partition coefficient (Wildman–Crippen LogP) is 10.2. The first-order valence-electron chi connectivity index (χ1n) is 18.1. The summed E-state index contributed by atoms with van der Waals surface area (Å²) in [7, 11) is 0. The van der Waals surface area contributed by atoms with Gasteiger partial charge in [0.25, 0.3) is 0 Å². The Morgan fingerprint density at radius 2 is 1.38 bits per heavy atom. The highest BCUT2D eigenvalue weighted by atomic mass is 16.6. The fourth-order valence-electron chi connectivity index (χ4n) is 10.9. The van der Waals surface area contributed by atoms with Crippen LogP contribution in [0.1, 0.15) is 126 Å². The largest absolute Gasteiger partial charge is 0.459 e. The van der Waals surface area contributed by atoms with Gasteiger partial charge in [-0.1, -0.05) is 64.1 Å². The van der Waals surface area contributed by atoms with E-state index in [0.717, 1.165) is 55.3 Å². The molecule has 4 saturated carbocycles. The Labute approximate surface area is 272 Å². The molecule has 0 spiro atoms. The number of hydrogen-bond acceptors (Lipinski definition) is 4. The van der Waals surface area contributed by atoms with E-state index in [0.29, 0.717) is 34.3 Å². The summed E-state index contributed by atoms with van der Waals surface area (Å²) >= 11 is 0. The molecule has 0 saturated heterocycles. The maximum Gasteiger partial charge on any atom is 0.338 e. The zero-order chi connectivity index (χ0) is 31.8. The smallest absolute Gasteiger partial charge is 0.338 e. The standard InChI is InChI=1S/C41H56O4/c1-27(2)37(44-38(42)29-12-8-6-9-13-29)21-16-28(3)35-19-20-36-34-18-17-31-26-40(4,45-39(43)30-14-10-7-11-15-30)24-22-32(31)33(34)23-25-41(35,36)5/h6-15,27-28,31-37H,16-26H2,1-5H3/t28-,31+,32+,33-,34-,35-,36+,37?,40+,41-/m1/s1. The van der Waals surface area contributed by atoms with Gasteiger partial charge in [-0.25, -0.2) is 9.59 Å². The molecule has 0 aliphatic heterocycles. The van der Waals surface area contributed by atoms with E-state index in [1.165, 1.54) is 44.9 Å². The fourth-order valence-corrected chi connectivity index (χ4v) is 10.9. The van der Waals surface area contributed by atoms with Crippen LogP contribution in [-0.4, -0.2) is 23.6 Å². The van der Waals surface area contributed by atoms with Crippen LogP contribution in [0.2, 0.25) is 0 Å². The predicted molar refractivity (Wildman–Crippen MR) is 180 cm³/mol. The number of fused-ring (bicyclic) bond motifs is 5. The van der Waals surface area contributed by atoms with Gasteiger partial charge in [0.05, 0.1) is 11.1 Å². The first-order chi connectivity index (χ1) is 21.6. The number of esters is 2. The average Bonchev–Trinajstić information content (AvgIpc) is 3.40. The number of benzene rings is 2. The average molecular weight is 613 g/mol. The van der Waals surface area contributed by atoms with Crippen LogP contribution in [0.5, 0.6) is 0 Å². The molecule has 0 heterocycles. The third-order valence-electron chi connectivity index (χ3n) is 13.2. The van der Waals surface area contributed by atoms with Gasteiger partial charge in [-0.15, -0.1) is 0 Å². The summed E-state index contributed by atoms with van der Waals surface area (Å²) in [6.45, 7) is 11.7. The minimum atomic E-state index is -0.346. The van der Waals surface area contributed by atoms with Crippen molar-refractivity contribution >= 4 is 11.9 Å². The normalized spacial score (nSPS) is 35.4. The summed E-state index contributed by atoms with van der Waals surface area (Å²) in [4.78, 5) is 25.8. The van der Waals surface area contributed by atoms with E-state index >= 15 is 0 Å². The lowest BCUT2D eigenvalue weighted by molar-refractivity contribution is -0.107. The number of carbonyl (C=O) groups is 2. The lowest BCUT2D eigenvalue weighted by Crippen LogP contribution is -2.51. The lowest BCUT2D eigenvalue weighted by Gasteiger charge is -2.57. The van der Waals surface area contributed by atoms with E-state index in [4.69, 9.17) is 9.47 Å². The van der Waals surface area contributed by atoms with Crippen molar-refractivity contribution in [3.05, 3.63) is 71.8 Å². The molecule has 4 heteroatoms. The van der Waals surface area contributed by atoms with Crippen molar-refractivity contribution in [3.8, 4) is 0 Å². The first-order valence-corrected chi connectivity index (χ1v) is 18.1. The van der Waals surface area contributed by atoms with Gasteiger partial charge >= 0.3 is 11.9 Å². The molecule has 0 aromatic heterocycles. The van der Waals surface area contributed by atoms with E-state index in [2.05, 4.69) is 34.6 Å². The van der Waals surface area contributed by atoms with Crippen molar-refractivity contribution in [2.45, 2.75) is 117 Å². The summed E-state index contributed by atoms with van der Waals surface area (Å²) < 4.78 is 12.3. The zero-order valence-corrected chi connectivity index (χ0v) is 28.4. The van der Waals surface area contributed by atoms with Gasteiger partial charge < -0.3 is 9.47 Å². The van der Waals surface area contributed by atoms with Crippen LogP contribution in [0.3, 0.4) is 0 Å². The van der Waals surface area contributed by atoms with Gasteiger partial charge in [-0.3, -0.25) is 0 Å². The van der Waals surface area contributed by atoms with Gasteiger partial charge in [0.2, 0.25) is 0 Å². The summed E-state index contributed by atoms with van der Waals surface area (Å²) in [5.74, 6) is 5.35. The molecule has 244 valence electrons. The SMILES string of the molecule is CC(C)C(CC[C@@H](C)[C@H]1CC[C@H]2[C@@H]3CC[C@H]4C[C@@](C)(OC(=O)c5ccccc5)CC[C@@H]4[C@H]3CC[C@]12C)OC(=O)c1ccccc1. The van der Waals surface area contributed by atoms with Gasteiger partial charge in [0.15, 0.2) is 0 Å². The maximum absolute atomic E-state index is 12.9. The second-order valence-corrected chi connectivity index (χ2v) is 16.2. The van der Waals surface area contributed by atoms with Crippen molar-refractivity contribution in [1.29, 1.82) is 0 Å². The minimum absolute atomic E-state index is 0.0415. The van der Waals surface area contributed by atoms with E-state index < -0.39 is 0 Å². The molecule has 10 atom stereocenters. The van der Waals surface area contributed by atoms with Crippen LogP contribution in [0.4, 0.5) is 0 Å². The van der Waals surface area contributed by atoms with Crippen molar-refractivity contribution in [3.63, 3.8) is 0 Å². The Hall–Kier alpha value is -2.62. The lowest BCUT2D eigenvalue weighted by atomic mass is 9.48. The molecule has 2 aromatic rings. The molecular formula is C41H56O4. The second kappa shape index (κ2) is 13.2. The zero-order valence-electron chi connectivity index (χ0n) is 28.4. The van der Waals surface area contributed by atoms with Crippen LogP contribution in [0.15, 0.2) is 60.7 Å². The summed E-state index contributed by atoms with van der Waals surface area (Å²) in [5.41, 5.74) is 1.38. The first kappa shape index (κ1) is 32.3. The highest BCUT2D eigenvalue weighted by molar-refractivity contribution is 5.90. The third kappa shape index (κ3) is 6.63. The fraction of sp³-hybridized carbons (Fsp3) is 0.659. The molecule has 4 aliphatic rings. The molecular weight excluding hydrogens is 556 g/mol. The molecule has 2 aromatic carbocycles. The van der Waals surface area contributed by atoms with Crippen molar-refractivity contribution in [2.24, 2.45) is 52.8 Å².